The molecule has 3 aromatic heterocycles. The predicted octanol–water partition coefficient (Wildman–Crippen LogP) is 3.72. The molecule has 0 aromatic carbocycles. The summed E-state index contributed by atoms with van der Waals surface area (Å²) in [5.41, 5.74) is 3.24. The third kappa shape index (κ3) is 6.46. The second-order valence-corrected chi connectivity index (χ2v) is 9.82. The Bertz CT molecular complexity index is 1270. The number of rotatable bonds is 7. The number of fused-ring (bicyclic) bond motifs is 1. The van der Waals surface area contributed by atoms with Gasteiger partial charge in [0.1, 0.15) is 12.2 Å². The lowest BCUT2D eigenvalue weighted by Crippen LogP contribution is -2.40. The van der Waals surface area contributed by atoms with Gasteiger partial charge in [-0.05, 0) is 42.9 Å². The number of H-pyrrole nitrogens is 1. The molecule has 1 aliphatic heterocycles. The first-order valence-corrected chi connectivity index (χ1v) is 12.2. The maximum Gasteiger partial charge on any atom is 0.405 e. The Kier molecular flexibility index (Phi) is 7.82. The molecule has 0 aliphatic carbocycles. The number of aliphatic hydroxyl groups excluding tert-OH is 1. The van der Waals surface area contributed by atoms with Gasteiger partial charge in [-0.3, -0.25) is 14.6 Å². The van der Waals surface area contributed by atoms with Gasteiger partial charge in [-0.2, -0.15) is 13.2 Å². The quantitative estimate of drug-likeness (QED) is 0.443. The highest BCUT2D eigenvalue weighted by molar-refractivity contribution is 6.01. The molecule has 4 heterocycles. The van der Waals surface area contributed by atoms with E-state index in [1.54, 1.807) is 43.4 Å². The monoisotopic (exact) mass is 517 g/mol. The number of aromatic nitrogens is 3. The van der Waals surface area contributed by atoms with Gasteiger partial charge in [-0.25, -0.2) is 4.98 Å². The Labute approximate surface area is 212 Å². The van der Waals surface area contributed by atoms with Gasteiger partial charge in [0.2, 0.25) is 5.91 Å². The van der Waals surface area contributed by atoms with E-state index in [-0.39, 0.29) is 24.3 Å². The first-order chi connectivity index (χ1) is 17.5. The number of nitrogens with zero attached hydrogens (tertiary/aromatic N) is 3. The number of alkyl halides is 3. The van der Waals surface area contributed by atoms with Crippen molar-refractivity contribution >= 4 is 22.8 Å². The van der Waals surface area contributed by atoms with Crippen LogP contribution in [0.2, 0.25) is 0 Å². The molecule has 1 atom stereocenters. The van der Waals surface area contributed by atoms with Crippen LogP contribution in [0.25, 0.3) is 22.2 Å². The summed E-state index contributed by atoms with van der Waals surface area (Å²) in [6, 6.07) is 3.62. The largest absolute Gasteiger partial charge is 0.405 e. The van der Waals surface area contributed by atoms with Crippen molar-refractivity contribution in [1.82, 2.24) is 25.2 Å². The molecule has 0 saturated carbocycles. The number of hydrogen-bond acceptors (Lipinski definition) is 5. The number of carbonyl (C=O) groups excluding carboxylic acids is 2. The second kappa shape index (κ2) is 10.9. The number of amides is 2. The number of aromatic amines is 1. The Morgan fingerprint density at radius 3 is 2.59 bits per heavy atom. The summed E-state index contributed by atoms with van der Waals surface area (Å²) in [4.78, 5) is 39.0. The smallest absolute Gasteiger partial charge is 0.393 e. The van der Waals surface area contributed by atoms with Crippen molar-refractivity contribution in [3.8, 4) is 11.1 Å². The highest BCUT2D eigenvalue weighted by Gasteiger charge is 2.31. The Morgan fingerprint density at radius 2 is 1.92 bits per heavy atom. The third-order valence-electron chi connectivity index (χ3n) is 6.70. The molecule has 4 rings (SSSR count). The molecule has 11 heteroatoms. The number of hydrogen-bond donors (Lipinski definition) is 3. The first kappa shape index (κ1) is 26.6. The standard InChI is InChI=1S/C26H30F3N5O3/c1-15(2)20(24(36)33-14-26(27,28)29)8-16-7-17(11-30-10-16)22-13-32-23-21(22)9-18(12-31-23)25(37)34-5-3-19(35)4-6-34/h7,9-13,15,19-20,35H,3-6,8,14H2,1-2H3,(H,31,32)(H,33,36)/t20-/m1/s1. The van der Waals surface area contributed by atoms with Crippen LogP contribution < -0.4 is 5.32 Å². The van der Waals surface area contributed by atoms with E-state index >= 15 is 0 Å². The zero-order valence-corrected chi connectivity index (χ0v) is 20.7. The fourth-order valence-corrected chi connectivity index (χ4v) is 4.56. The molecule has 0 bridgehead atoms. The molecule has 3 N–H and O–H groups in total. The molecule has 2 amide bonds. The van der Waals surface area contributed by atoms with E-state index in [2.05, 4.69) is 15.0 Å². The van der Waals surface area contributed by atoms with Crippen molar-refractivity contribution in [2.24, 2.45) is 11.8 Å². The van der Waals surface area contributed by atoms with Crippen LogP contribution in [-0.2, 0) is 11.2 Å². The highest BCUT2D eigenvalue weighted by Crippen LogP contribution is 2.30. The molecular weight excluding hydrogens is 487 g/mol. The van der Waals surface area contributed by atoms with Crippen LogP contribution in [0.1, 0.15) is 42.6 Å². The molecule has 0 unspecified atom stereocenters. The average Bonchev–Trinajstić information content (AvgIpc) is 3.29. The van der Waals surface area contributed by atoms with E-state index in [9.17, 15) is 27.9 Å². The molecule has 0 radical (unpaired) electrons. The van der Waals surface area contributed by atoms with E-state index in [1.807, 2.05) is 11.4 Å². The maximum atomic E-state index is 13.0. The van der Waals surface area contributed by atoms with Crippen LogP contribution in [-0.4, -0.2) is 68.7 Å². The first-order valence-electron chi connectivity index (χ1n) is 12.2. The molecule has 0 spiro atoms. The van der Waals surface area contributed by atoms with Gasteiger partial charge in [0.05, 0.1) is 11.7 Å². The molecule has 37 heavy (non-hydrogen) atoms. The van der Waals surface area contributed by atoms with Crippen molar-refractivity contribution in [2.75, 3.05) is 19.6 Å². The lowest BCUT2D eigenvalue weighted by atomic mass is 9.88. The van der Waals surface area contributed by atoms with Crippen molar-refractivity contribution < 1.29 is 27.9 Å². The van der Waals surface area contributed by atoms with Gasteiger partial charge in [0.25, 0.3) is 5.91 Å². The van der Waals surface area contributed by atoms with Crippen LogP contribution in [0, 0.1) is 11.8 Å². The van der Waals surface area contributed by atoms with Crippen LogP contribution >= 0.6 is 0 Å². The highest BCUT2D eigenvalue weighted by atomic mass is 19.4. The molecule has 1 aliphatic rings. The van der Waals surface area contributed by atoms with E-state index in [0.29, 0.717) is 42.7 Å². The van der Waals surface area contributed by atoms with Crippen molar-refractivity contribution in [2.45, 2.75) is 45.4 Å². The minimum atomic E-state index is -4.47. The Hall–Kier alpha value is -3.47. The van der Waals surface area contributed by atoms with E-state index < -0.39 is 24.5 Å². The summed E-state index contributed by atoms with van der Waals surface area (Å²) in [5, 5.41) is 12.4. The minimum absolute atomic E-state index is 0.148. The molecule has 1 saturated heterocycles. The fourth-order valence-electron chi connectivity index (χ4n) is 4.56. The summed E-state index contributed by atoms with van der Waals surface area (Å²) >= 11 is 0. The van der Waals surface area contributed by atoms with E-state index in [1.165, 1.54) is 6.20 Å². The molecule has 198 valence electrons. The number of piperidine rings is 1. The van der Waals surface area contributed by atoms with Gasteiger partial charge in [0, 0.05) is 60.3 Å². The summed E-state index contributed by atoms with van der Waals surface area (Å²) in [6.45, 7) is 3.19. The topological polar surface area (TPSA) is 111 Å². The summed E-state index contributed by atoms with van der Waals surface area (Å²) in [7, 11) is 0. The fraction of sp³-hybridized carbons (Fsp3) is 0.462. The zero-order valence-electron chi connectivity index (χ0n) is 20.7. The number of likely N-dealkylation sites (tertiary alicyclic amines) is 1. The summed E-state index contributed by atoms with van der Waals surface area (Å²) in [5.74, 6) is -1.64. The van der Waals surface area contributed by atoms with Crippen LogP contribution in [0.3, 0.4) is 0 Å². The molecule has 8 nitrogen and oxygen atoms in total. The van der Waals surface area contributed by atoms with Gasteiger partial charge < -0.3 is 20.3 Å². The maximum absolute atomic E-state index is 13.0. The normalized spacial score (nSPS) is 15.8. The van der Waals surface area contributed by atoms with E-state index in [0.717, 1.165) is 16.5 Å². The van der Waals surface area contributed by atoms with Gasteiger partial charge in [-0.15, -0.1) is 0 Å². The number of nitrogens with one attached hydrogen (secondary N) is 2. The number of halogens is 3. The Balaban J connectivity index is 1.56. The molecule has 1 fully saturated rings. The van der Waals surface area contributed by atoms with Crippen LogP contribution in [0.4, 0.5) is 13.2 Å². The van der Waals surface area contributed by atoms with E-state index in [4.69, 9.17) is 0 Å². The van der Waals surface area contributed by atoms with Crippen molar-refractivity contribution in [3.05, 3.63) is 48.0 Å². The SMILES string of the molecule is CC(C)[C@@H](Cc1cncc(-c2c[nH]c3ncc(C(=O)N4CCC(O)CC4)cc23)c1)C(=O)NCC(F)(F)F. The summed E-state index contributed by atoms with van der Waals surface area (Å²) in [6.07, 6.45) is 3.00. The molecular formula is C26H30F3N5O3. The van der Waals surface area contributed by atoms with Gasteiger partial charge in [0.15, 0.2) is 0 Å². The van der Waals surface area contributed by atoms with Gasteiger partial charge in [-0.1, -0.05) is 13.8 Å². The number of aliphatic hydroxyl groups is 1. The molecule has 3 aromatic rings. The third-order valence-corrected chi connectivity index (χ3v) is 6.70. The predicted molar refractivity (Wildman–Crippen MR) is 132 cm³/mol. The Morgan fingerprint density at radius 1 is 1.19 bits per heavy atom. The second-order valence-electron chi connectivity index (χ2n) is 9.82. The zero-order chi connectivity index (χ0) is 26.7. The van der Waals surface area contributed by atoms with Gasteiger partial charge >= 0.3 is 6.18 Å². The van der Waals surface area contributed by atoms with Crippen molar-refractivity contribution in [1.29, 1.82) is 0 Å². The lowest BCUT2D eigenvalue weighted by molar-refractivity contribution is -0.141. The summed E-state index contributed by atoms with van der Waals surface area (Å²) < 4.78 is 37.7. The lowest BCUT2D eigenvalue weighted by Gasteiger charge is -2.29. The minimum Gasteiger partial charge on any atom is -0.393 e. The average molecular weight is 518 g/mol. The van der Waals surface area contributed by atoms with Crippen molar-refractivity contribution in [3.63, 3.8) is 0 Å². The van der Waals surface area contributed by atoms with Crippen LogP contribution in [0.5, 0.6) is 0 Å². The number of carbonyl (C=O) groups is 2. The number of pyridine rings is 2. The van der Waals surface area contributed by atoms with Crippen LogP contribution in [0.15, 0.2) is 36.9 Å².